The summed E-state index contributed by atoms with van der Waals surface area (Å²) in [5.41, 5.74) is 0.988. The Bertz CT molecular complexity index is 1240. The maximum atomic E-state index is 14.5. The molecule has 0 aromatic heterocycles. The summed E-state index contributed by atoms with van der Waals surface area (Å²) in [7, 11) is 1.58. The van der Waals surface area contributed by atoms with Gasteiger partial charge in [0.2, 0.25) is 0 Å². The highest BCUT2D eigenvalue weighted by Crippen LogP contribution is 2.36. The molecule has 3 rings (SSSR count). The molecule has 0 fully saturated rings. The van der Waals surface area contributed by atoms with Crippen molar-refractivity contribution in [2.45, 2.75) is 38.9 Å². The number of halogens is 4. The number of methoxy groups -OCH3 is 1. The van der Waals surface area contributed by atoms with Crippen molar-refractivity contribution in [3.8, 4) is 22.6 Å². The van der Waals surface area contributed by atoms with Crippen LogP contribution in [0.1, 0.15) is 41.6 Å². The molecule has 2 N–H and O–H groups in total. The topological polar surface area (TPSA) is 67.8 Å². The van der Waals surface area contributed by atoms with Crippen LogP contribution in [-0.4, -0.2) is 31.3 Å². The van der Waals surface area contributed by atoms with Gasteiger partial charge in [-0.3, -0.25) is 4.79 Å². The van der Waals surface area contributed by atoms with Crippen LogP contribution in [-0.2, 0) is 17.4 Å². The molecule has 0 spiro atoms. The van der Waals surface area contributed by atoms with Gasteiger partial charge in [-0.25, -0.2) is 4.39 Å². The van der Waals surface area contributed by atoms with Gasteiger partial charge in [-0.2, -0.15) is 13.2 Å². The Labute approximate surface area is 213 Å². The molecule has 0 aliphatic rings. The maximum absolute atomic E-state index is 14.5. The number of hydrogen-bond donors (Lipinski definition) is 2. The molecular formula is C28H29F4NO4. The van der Waals surface area contributed by atoms with Gasteiger partial charge in [0.25, 0.3) is 0 Å². The summed E-state index contributed by atoms with van der Waals surface area (Å²) in [4.78, 5) is 10.9. The molecule has 0 saturated carbocycles. The summed E-state index contributed by atoms with van der Waals surface area (Å²) >= 11 is 0. The van der Waals surface area contributed by atoms with Gasteiger partial charge in [0.1, 0.15) is 23.9 Å². The van der Waals surface area contributed by atoms with Crippen LogP contribution in [0, 0.1) is 12.7 Å². The first kappa shape index (κ1) is 28.0. The molecule has 3 aromatic rings. The van der Waals surface area contributed by atoms with Crippen LogP contribution in [0.3, 0.4) is 0 Å². The van der Waals surface area contributed by atoms with E-state index in [4.69, 9.17) is 14.6 Å². The second-order valence-electron chi connectivity index (χ2n) is 8.70. The number of carboxylic acids is 1. The summed E-state index contributed by atoms with van der Waals surface area (Å²) in [5.74, 6) is -0.910. The van der Waals surface area contributed by atoms with Crippen LogP contribution < -0.4 is 14.8 Å². The van der Waals surface area contributed by atoms with Crippen molar-refractivity contribution < 1.29 is 36.9 Å². The number of nitrogens with one attached hydrogen (secondary N) is 1. The number of aliphatic carboxylic acids is 1. The number of carboxylic acid groups (broad SMARTS) is 1. The molecule has 37 heavy (non-hydrogen) atoms. The van der Waals surface area contributed by atoms with Gasteiger partial charge < -0.3 is 19.9 Å². The van der Waals surface area contributed by atoms with E-state index >= 15 is 0 Å². The van der Waals surface area contributed by atoms with Crippen LogP contribution in [0.2, 0.25) is 0 Å². The fourth-order valence-electron chi connectivity index (χ4n) is 3.92. The molecule has 1 unspecified atom stereocenters. The highest BCUT2D eigenvalue weighted by molar-refractivity contribution is 5.70. The average Bonchev–Trinajstić information content (AvgIpc) is 2.86. The van der Waals surface area contributed by atoms with Crippen molar-refractivity contribution in [1.29, 1.82) is 0 Å². The zero-order valence-electron chi connectivity index (χ0n) is 20.8. The lowest BCUT2D eigenvalue weighted by Gasteiger charge is -2.17. The molecule has 198 valence electrons. The fourth-order valence-corrected chi connectivity index (χ4v) is 3.92. The van der Waals surface area contributed by atoms with Crippen LogP contribution in [0.15, 0.2) is 54.6 Å². The third kappa shape index (κ3) is 7.69. The fraction of sp³-hybridized carbons (Fsp3) is 0.321. The lowest BCUT2D eigenvalue weighted by Crippen LogP contribution is -2.24. The Hall–Kier alpha value is -3.59. The van der Waals surface area contributed by atoms with Crippen LogP contribution in [0.4, 0.5) is 17.6 Å². The second kappa shape index (κ2) is 12.1. The first-order valence-electron chi connectivity index (χ1n) is 11.7. The molecule has 0 amide bonds. The molecule has 0 aliphatic carbocycles. The summed E-state index contributed by atoms with van der Waals surface area (Å²) in [6.45, 7) is 3.93. The number of hydrogen-bond acceptors (Lipinski definition) is 4. The van der Waals surface area contributed by atoms with E-state index in [0.717, 1.165) is 23.4 Å². The number of alkyl halides is 3. The molecule has 0 bridgehead atoms. The van der Waals surface area contributed by atoms with Gasteiger partial charge in [0.05, 0.1) is 12.7 Å². The minimum atomic E-state index is -4.62. The molecule has 0 saturated heterocycles. The van der Waals surface area contributed by atoms with Crippen molar-refractivity contribution in [1.82, 2.24) is 5.32 Å². The molecular weight excluding hydrogens is 490 g/mol. The predicted molar refractivity (Wildman–Crippen MR) is 132 cm³/mol. The average molecular weight is 520 g/mol. The molecule has 5 nitrogen and oxygen atoms in total. The largest absolute Gasteiger partial charge is 0.497 e. The summed E-state index contributed by atoms with van der Waals surface area (Å²) in [5, 5.41) is 12.2. The molecule has 0 heterocycles. The van der Waals surface area contributed by atoms with E-state index in [9.17, 15) is 22.4 Å². The van der Waals surface area contributed by atoms with Crippen LogP contribution in [0.25, 0.3) is 11.1 Å². The quantitative estimate of drug-likeness (QED) is 0.221. The smallest absolute Gasteiger partial charge is 0.416 e. The SMILES string of the molecule is COc1cccc(C(C)NCCOc2cc(-c3cc(C)c(F)c(CCC(=O)O)c3)cc(C(F)(F)F)c2)c1. The minimum absolute atomic E-state index is 0.0229. The highest BCUT2D eigenvalue weighted by Gasteiger charge is 2.31. The Morgan fingerprint density at radius 3 is 2.46 bits per heavy atom. The molecule has 9 heteroatoms. The van der Waals surface area contributed by atoms with Crippen molar-refractivity contribution in [2.24, 2.45) is 0 Å². The lowest BCUT2D eigenvalue weighted by atomic mass is 9.96. The predicted octanol–water partition coefficient (Wildman–Crippen LogP) is 6.58. The molecule has 1 atom stereocenters. The van der Waals surface area contributed by atoms with Gasteiger partial charge in [-0.1, -0.05) is 12.1 Å². The van der Waals surface area contributed by atoms with E-state index in [-0.39, 0.29) is 47.9 Å². The van der Waals surface area contributed by atoms with Crippen molar-refractivity contribution in [3.05, 3.63) is 82.7 Å². The maximum Gasteiger partial charge on any atom is 0.416 e. The Kier molecular flexibility index (Phi) is 9.15. The zero-order valence-corrected chi connectivity index (χ0v) is 20.8. The van der Waals surface area contributed by atoms with Crippen molar-refractivity contribution in [3.63, 3.8) is 0 Å². The first-order valence-corrected chi connectivity index (χ1v) is 11.7. The monoisotopic (exact) mass is 519 g/mol. The number of ether oxygens (including phenoxy) is 2. The normalized spacial score (nSPS) is 12.3. The number of carbonyl (C=O) groups is 1. The van der Waals surface area contributed by atoms with Crippen LogP contribution >= 0.6 is 0 Å². The first-order chi connectivity index (χ1) is 17.5. The van der Waals surface area contributed by atoms with E-state index in [1.165, 1.54) is 25.1 Å². The van der Waals surface area contributed by atoms with Gasteiger partial charge in [-0.15, -0.1) is 0 Å². The Balaban J connectivity index is 1.78. The van der Waals surface area contributed by atoms with Gasteiger partial charge >= 0.3 is 12.1 Å². The standard InChI is InChI=1S/C28H29F4NO4/c1-17-11-21(12-20(27(17)29)7-8-26(34)35)22-13-23(28(30,31)32)16-25(15-22)37-10-9-33-18(2)19-5-4-6-24(14-19)36-3/h4-6,11-16,18,33H,7-10H2,1-3H3,(H,34,35). The molecule has 3 aromatic carbocycles. The minimum Gasteiger partial charge on any atom is -0.497 e. The second-order valence-corrected chi connectivity index (χ2v) is 8.70. The van der Waals surface area contributed by atoms with Gasteiger partial charge in [0.15, 0.2) is 0 Å². The summed E-state index contributed by atoms with van der Waals surface area (Å²) in [6, 6.07) is 13.7. The van der Waals surface area contributed by atoms with E-state index in [1.807, 2.05) is 31.2 Å². The van der Waals surface area contributed by atoms with E-state index in [2.05, 4.69) is 5.32 Å². The summed E-state index contributed by atoms with van der Waals surface area (Å²) in [6.07, 6.45) is -4.98. The third-order valence-electron chi connectivity index (χ3n) is 5.92. The number of aryl methyl sites for hydroxylation is 2. The summed E-state index contributed by atoms with van der Waals surface area (Å²) < 4.78 is 66.3. The van der Waals surface area contributed by atoms with Crippen LogP contribution in [0.5, 0.6) is 11.5 Å². The Morgan fingerprint density at radius 1 is 1.05 bits per heavy atom. The van der Waals surface area contributed by atoms with Gasteiger partial charge in [0, 0.05) is 19.0 Å². The van der Waals surface area contributed by atoms with E-state index in [0.29, 0.717) is 12.1 Å². The number of rotatable bonds is 11. The zero-order chi connectivity index (χ0) is 27.2. The lowest BCUT2D eigenvalue weighted by molar-refractivity contribution is -0.138. The van der Waals surface area contributed by atoms with E-state index < -0.39 is 23.5 Å². The third-order valence-corrected chi connectivity index (χ3v) is 5.92. The molecule has 0 radical (unpaired) electrons. The van der Waals surface area contributed by atoms with Crippen molar-refractivity contribution >= 4 is 5.97 Å². The van der Waals surface area contributed by atoms with Gasteiger partial charge in [-0.05, 0) is 90.6 Å². The Morgan fingerprint density at radius 2 is 1.78 bits per heavy atom. The molecule has 0 aliphatic heterocycles. The van der Waals surface area contributed by atoms with Crippen molar-refractivity contribution in [2.75, 3.05) is 20.3 Å². The highest BCUT2D eigenvalue weighted by atomic mass is 19.4. The number of benzene rings is 3. The van der Waals surface area contributed by atoms with E-state index in [1.54, 1.807) is 7.11 Å².